The topological polar surface area (TPSA) is 97.1 Å². The second-order valence-corrected chi connectivity index (χ2v) is 7.66. The number of thioether (sulfide) groups is 1. The Morgan fingerprint density at radius 3 is 2.84 bits per heavy atom. The molecule has 3 rings (SSSR count). The van der Waals surface area contributed by atoms with Crippen LogP contribution >= 0.6 is 23.1 Å². The van der Waals surface area contributed by atoms with Gasteiger partial charge < -0.3 is 15.2 Å². The van der Waals surface area contributed by atoms with Crippen LogP contribution in [0.1, 0.15) is 12.7 Å². The molecule has 0 aliphatic heterocycles. The predicted octanol–water partition coefficient (Wildman–Crippen LogP) is 3.29. The molecule has 1 atom stereocenters. The summed E-state index contributed by atoms with van der Waals surface area (Å²) in [5.41, 5.74) is 0.853. The lowest BCUT2D eigenvalue weighted by atomic mass is 10.3. The summed E-state index contributed by atoms with van der Waals surface area (Å²) in [5, 5.41) is 9.27. The zero-order valence-electron chi connectivity index (χ0n) is 13.6. The van der Waals surface area contributed by atoms with Crippen LogP contribution in [0.4, 0.5) is 10.9 Å². The molecule has 0 unspecified atom stereocenters. The number of carbonyl (C=O) groups is 2. The van der Waals surface area contributed by atoms with Gasteiger partial charge in [-0.3, -0.25) is 9.59 Å². The number of rotatable bonds is 6. The Morgan fingerprint density at radius 1 is 1.32 bits per heavy atom. The fraction of sp³-hybridized carbons (Fsp3) is 0.250. The predicted molar refractivity (Wildman–Crippen MR) is 100 cm³/mol. The monoisotopic (exact) mass is 376 g/mol. The number of hydrogen-bond donors (Lipinski definition) is 2. The molecule has 0 aliphatic carbocycles. The molecule has 130 valence electrons. The van der Waals surface area contributed by atoms with Gasteiger partial charge in [0.15, 0.2) is 10.9 Å². The molecule has 3 aromatic rings. The van der Waals surface area contributed by atoms with E-state index < -0.39 is 5.25 Å². The van der Waals surface area contributed by atoms with Crippen molar-refractivity contribution in [3.8, 4) is 0 Å². The van der Waals surface area contributed by atoms with Crippen molar-refractivity contribution in [1.29, 1.82) is 0 Å². The summed E-state index contributed by atoms with van der Waals surface area (Å²) in [4.78, 5) is 28.5. The normalized spacial score (nSPS) is 12.1. The molecule has 0 aliphatic rings. The van der Waals surface area contributed by atoms with Gasteiger partial charge in [-0.15, -0.1) is 11.8 Å². The molecule has 0 saturated carbocycles. The van der Waals surface area contributed by atoms with E-state index in [-0.39, 0.29) is 17.6 Å². The molecule has 2 heterocycles. The van der Waals surface area contributed by atoms with Gasteiger partial charge in [-0.25, -0.2) is 4.98 Å². The van der Waals surface area contributed by atoms with Crippen molar-refractivity contribution >= 4 is 56.1 Å². The van der Waals surface area contributed by atoms with Crippen molar-refractivity contribution in [2.24, 2.45) is 0 Å². The van der Waals surface area contributed by atoms with E-state index in [1.165, 1.54) is 23.1 Å². The van der Waals surface area contributed by atoms with Crippen molar-refractivity contribution in [2.45, 2.75) is 19.1 Å². The Balaban J connectivity index is 1.48. The standard InChI is InChI=1S/C16H16N4O3S2/c1-9-7-13(20-23-9)18-15(22)10(2)24-8-14(21)19-16-17-11-5-3-4-6-12(11)25-16/h3-7,10H,8H2,1-2H3,(H,17,19,21)(H,18,20,22)/t10-/m0/s1. The largest absolute Gasteiger partial charge is 0.360 e. The lowest BCUT2D eigenvalue weighted by Gasteiger charge is -2.09. The van der Waals surface area contributed by atoms with Crippen molar-refractivity contribution in [3.63, 3.8) is 0 Å². The minimum absolute atomic E-state index is 0.155. The van der Waals surface area contributed by atoms with Crippen molar-refractivity contribution in [1.82, 2.24) is 10.1 Å². The number of nitrogens with one attached hydrogen (secondary N) is 2. The first-order valence-electron chi connectivity index (χ1n) is 7.52. The maximum atomic E-state index is 12.1. The number of amides is 2. The van der Waals surface area contributed by atoms with E-state index in [4.69, 9.17) is 4.52 Å². The first-order chi connectivity index (χ1) is 12.0. The number of benzene rings is 1. The number of nitrogens with zero attached hydrogens (tertiary/aromatic N) is 2. The molecule has 2 N–H and O–H groups in total. The van der Waals surface area contributed by atoms with Gasteiger partial charge in [0.1, 0.15) is 5.76 Å². The lowest BCUT2D eigenvalue weighted by molar-refractivity contribution is -0.115. The first-order valence-corrected chi connectivity index (χ1v) is 9.39. The molecule has 0 radical (unpaired) electrons. The third kappa shape index (κ3) is 4.58. The van der Waals surface area contributed by atoms with Crippen LogP contribution in [0.2, 0.25) is 0 Å². The Labute approximate surface area is 152 Å². The van der Waals surface area contributed by atoms with Crippen LogP contribution in [0.5, 0.6) is 0 Å². The first kappa shape index (κ1) is 17.4. The minimum atomic E-state index is -0.405. The van der Waals surface area contributed by atoms with Gasteiger partial charge in [0.05, 0.1) is 21.2 Å². The van der Waals surface area contributed by atoms with Crippen LogP contribution in [0.15, 0.2) is 34.9 Å². The van der Waals surface area contributed by atoms with Crippen LogP contribution in [0.25, 0.3) is 10.2 Å². The molecule has 0 spiro atoms. The molecule has 25 heavy (non-hydrogen) atoms. The number of aromatic nitrogens is 2. The Hall–Kier alpha value is -2.39. The van der Waals surface area contributed by atoms with E-state index >= 15 is 0 Å². The van der Waals surface area contributed by atoms with Crippen LogP contribution in [-0.2, 0) is 9.59 Å². The van der Waals surface area contributed by atoms with Gasteiger partial charge in [0.2, 0.25) is 11.8 Å². The number of thiazole rings is 1. The number of aryl methyl sites for hydroxylation is 1. The molecular weight excluding hydrogens is 360 g/mol. The highest BCUT2D eigenvalue weighted by atomic mass is 32.2. The summed E-state index contributed by atoms with van der Waals surface area (Å²) in [7, 11) is 0. The average Bonchev–Trinajstić information content (AvgIpc) is 3.17. The fourth-order valence-electron chi connectivity index (χ4n) is 2.01. The molecule has 0 saturated heterocycles. The van der Waals surface area contributed by atoms with Gasteiger partial charge in [0.25, 0.3) is 0 Å². The van der Waals surface area contributed by atoms with Crippen LogP contribution in [0.3, 0.4) is 0 Å². The molecule has 2 amide bonds. The molecule has 7 nitrogen and oxygen atoms in total. The quantitative estimate of drug-likeness (QED) is 0.685. The summed E-state index contributed by atoms with van der Waals surface area (Å²) in [6, 6.07) is 9.32. The highest BCUT2D eigenvalue weighted by Crippen LogP contribution is 2.25. The van der Waals surface area contributed by atoms with Gasteiger partial charge in [-0.2, -0.15) is 0 Å². The van der Waals surface area contributed by atoms with Gasteiger partial charge >= 0.3 is 0 Å². The molecule has 9 heteroatoms. The molecular formula is C16H16N4O3S2. The maximum Gasteiger partial charge on any atom is 0.238 e. The smallest absolute Gasteiger partial charge is 0.238 e. The van der Waals surface area contributed by atoms with E-state index in [1.54, 1.807) is 19.9 Å². The Bertz CT molecular complexity index is 873. The zero-order valence-corrected chi connectivity index (χ0v) is 15.2. The van der Waals surface area contributed by atoms with Crippen molar-refractivity contribution < 1.29 is 14.1 Å². The summed E-state index contributed by atoms with van der Waals surface area (Å²) in [6.45, 7) is 3.48. The van der Waals surface area contributed by atoms with E-state index in [0.29, 0.717) is 16.7 Å². The summed E-state index contributed by atoms with van der Waals surface area (Å²) in [5.74, 6) is 0.717. The minimum Gasteiger partial charge on any atom is -0.360 e. The number of hydrogen-bond acceptors (Lipinski definition) is 7. The van der Waals surface area contributed by atoms with E-state index in [9.17, 15) is 9.59 Å². The van der Waals surface area contributed by atoms with Gasteiger partial charge in [-0.1, -0.05) is 28.6 Å². The van der Waals surface area contributed by atoms with E-state index in [1.807, 2.05) is 24.3 Å². The second kappa shape index (κ2) is 7.66. The van der Waals surface area contributed by atoms with E-state index in [2.05, 4.69) is 20.8 Å². The van der Waals surface area contributed by atoms with E-state index in [0.717, 1.165) is 10.2 Å². The molecule has 0 fully saturated rings. The summed E-state index contributed by atoms with van der Waals surface area (Å²) in [6.07, 6.45) is 0. The molecule has 1 aromatic carbocycles. The third-order valence-corrected chi connectivity index (χ3v) is 5.35. The van der Waals surface area contributed by atoms with Gasteiger partial charge in [0, 0.05) is 6.07 Å². The van der Waals surface area contributed by atoms with Gasteiger partial charge in [-0.05, 0) is 26.0 Å². The highest BCUT2D eigenvalue weighted by molar-refractivity contribution is 8.01. The summed E-state index contributed by atoms with van der Waals surface area (Å²) < 4.78 is 5.91. The van der Waals surface area contributed by atoms with Crippen LogP contribution in [0, 0.1) is 6.92 Å². The van der Waals surface area contributed by atoms with Crippen molar-refractivity contribution in [2.75, 3.05) is 16.4 Å². The maximum absolute atomic E-state index is 12.1. The van der Waals surface area contributed by atoms with Crippen molar-refractivity contribution in [3.05, 3.63) is 36.1 Å². The average molecular weight is 376 g/mol. The highest BCUT2D eigenvalue weighted by Gasteiger charge is 2.17. The lowest BCUT2D eigenvalue weighted by Crippen LogP contribution is -2.25. The number of anilines is 2. The molecule has 2 aromatic heterocycles. The third-order valence-electron chi connectivity index (χ3n) is 3.25. The zero-order chi connectivity index (χ0) is 17.8. The second-order valence-electron chi connectivity index (χ2n) is 5.30. The van der Waals surface area contributed by atoms with Crippen LogP contribution in [-0.4, -0.2) is 33.0 Å². The van der Waals surface area contributed by atoms with Crippen LogP contribution < -0.4 is 10.6 Å². The number of fused-ring (bicyclic) bond motifs is 1. The Kier molecular flexibility index (Phi) is 5.34. The number of carbonyl (C=O) groups excluding carboxylic acids is 2. The SMILES string of the molecule is Cc1cc(NC(=O)[C@H](C)SCC(=O)Nc2nc3ccccc3s2)no1. The number of para-hydroxylation sites is 1. The fourth-order valence-corrected chi connectivity index (χ4v) is 3.58. The Morgan fingerprint density at radius 2 is 2.12 bits per heavy atom. The summed E-state index contributed by atoms with van der Waals surface area (Å²) >= 11 is 2.66. The molecule has 0 bridgehead atoms.